The second kappa shape index (κ2) is 7.29. The van der Waals surface area contributed by atoms with Crippen LogP contribution in [0.2, 0.25) is 0 Å². The van der Waals surface area contributed by atoms with Crippen molar-refractivity contribution in [3.05, 3.63) is 29.8 Å². The van der Waals surface area contributed by atoms with Crippen LogP contribution in [0.4, 0.5) is 0 Å². The molecule has 0 amide bonds. The van der Waals surface area contributed by atoms with Crippen molar-refractivity contribution in [1.29, 1.82) is 0 Å². The summed E-state index contributed by atoms with van der Waals surface area (Å²) in [5, 5.41) is 5.10. The zero-order valence-electron chi connectivity index (χ0n) is 14.1. The van der Waals surface area contributed by atoms with Crippen molar-refractivity contribution in [3.63, 3.8) is 0 Å². The lowest BCUT2D eigenvalue weighted by atomic mass is 9.95. The Kier molecular flexibility index (Phi) is 6.37. The summed E-state index contributed by atoms with van der Waals surface area (Å²) >= 11 is 0. The van der Waals surface area contributed by atoms with Crippen molar-refractivity contribution in [2.45, 2.75) is 50.2 Å². The van der Waals surface area contributed by atoms with E-state index in [4.69, 9.17) is 5.14 Å². The topological polar surface area (TPSA) is 97.5 Å². The van der Waals surface area contributed by atoms with Crippen LogP contribution in [0.3, 0.4) is 0 Å². The van der Waals surface area contributed by atoms with Crippen molar-refractivity contribution in [3.8, 4) is 0 Å². The van der Waals surface area contributed by atoms with Gasteiger partial charge in [0.2, 0.25) is 20.0 Å². The molecule has 0 fully saturated rings. The van der Waals surface area contributed by atoms with Gasteiger partial charge < -0.3 is 0 Å². The summed E-state index contributed by atoms with van der Waals surface area (Å²) in [4.78, 5) is -0.0275. The molecule has 0 aliphatic heterocycles. The molecule has 0 saturated heterocycles. The lowest BCUT2D eigenvalue weighted by Crippen LogP contribution is -2.44. The Bertz CT molecular complexity index is 723. The fourth-order valence-corrected chi connectivity index (χ4v) is 5.41. The first kappa shape index (κ1) is 20.1. The molecule has 8 heteroatoms. The van der Waals surface area contributed by atoms with E-state index >= 15 is 0 Å². The van der Waals surface area contributed by atoms with Crippen LogP contribution in [-0.2, 0) is 24.8 Å². The van der Waals surface area contributed by atoms with Gasteiger partial charge in [-0.2, -0.15) is 0 Å². The summed E-state index contributed by atoms with van der Waals surface area (Å²) in [5.41, 5.74) is 0.568. The zero-order chi connectivity index (χ0) is 17.9. The van der Waals surface area contributed by atoms with Gasteiger partial charge in [-0.1, -0.05) is 39.3 Å². The van der Waals surface area contributed by atoms with Crippen LogP contribution < -0.4 is 5.14 Å². The fraction of sp³-hybridized carbons (Fsp3) is 0.600. The van der Waals surface area contributed by atoms with E-state index in [0.29, 0.717) is 31.5 Å². The Morgan fingerprint density at radius 1 is 1.00 bits per heavy atom. The van der Waals surface area contributed by atoms with Gasteiger partial charge in [0.1, 0.15) is 4.75 Å². The molecule has 0 aliphatic carbocycles. The Hall–Kier alpha value is -0.960. The molecular weight excluding hydrogens is 336 g/mol. The molecule has 0 spiro atoms. The Morgan fingerprint density at radius 2 is 1.48 bits per heavy atom. The average molecular weight is 363 g/mol. The number of hydrogen-bond donors (Lipinski definition) is 1. The van der Waals surface area contributed by atoms with Gasteiger partial charge in [0, 0.05) is 13.1 Å². The highest BCUT2D eigenvalue weighted by Gasteiger charge is 2.43. The molecular formula is C15H26N2O4S2. The smallest absolute Gasteiger partial charge is 0.225 e. The van der Waals surface area contributed by atoms with E-state index in [1.54, 1.807) is 20.8 Å². The van der Waals surface area contributed by atoms with Gasteiger partial charge in [-0.15, -0.1) is 0 Å². The van der Waals surface area contributed by atoms with Crippen molar-refractivity contribution in [2.24, 2.45) is 5.14 Å². The molecule has 2 N–H and O–H groups in total. The second-order valence-corrected chi connectivity index (χ2v) is 9.57. The summed E-state index contributed by atoms with van der Waals surface area (Å²) in [5.74, 6) is 0. The molecule has 23 heavy (non-hydrogen) atoms. The number of sulfonamides is 2. The van der Waals surface area contributed by atoms with Gasteiger partial charge >= 0.3 is 0 Å². The average Bonchev–Trinajstić information content (AvgIpc) is 2.47. The molecule has 0 unspecified atom stereocenters. The molecule has 1 aromatic carbocycles. The van der Waals surface area contributed by atoms with Crippen LogP contribution in [0, 0.1) is 0 Å². The quantitative estimate of drug-likeness (QED) is 0.765. The summed E-state index contributed by atoms with van der Waals surface area (Å²) in [6.45, 7) is 8.01. The first-order valence-corrected chi connectivity index (χ1v) is 10.7. The van der Waals surface area contributed by atoms with E-state index in [2.05, 4.69) is 0 Å². The minimum absolute atomic E-state index is 0.0275. The largest absolute Gasteiger partial charge is 0.238 e. The molecule has 0 aliphatic rings. The van der Waals surface area contributed by atoms with E-state index < -0.39 is 24.8 Å². The van der Waals surface area contributed by atoms with Crippen LogP contribution in [0.5, 0.6) is 0 Å². The van der Waals surface area contributed by atoms with Crippen LogP contribution in [0.15, 0.2) is 29.2 Å². The monoisotopic (exact) mass is 362 g/mol. The van der Waals surface area contributed by atoms with Crippen LogP contribution in [-0.4, -0.2) is 34.2 Å². The first-order valence-electron chi connectivity index (χ1n) is 7.67. The predicted octanol–water partition coefficient (Wildman–Crippen LogP) is 2.02. The summed E-state index contributed by atoms with van der Waals surface area (Å²) in [7, 11) is -7.37. The van der Waals surface area contributed by atoms with Gasteiger partial charge in [-0.25, -0.2) is 26.3 Å². The third-order valence-corrected chi connectivity index (χ3v) is 7.84. The van der Waals surface area contributed by atoms with Crippen molar-refractivity contribution in [2.75, 3.05) is 13.1 Å². The Morgan fingerprint density at radius 3 is 1.83 bits per heavy atom. The molecule has 1 rings (SSSR count). The summed E-state index contributed by atoms with van der Waals surface area (Å²) in [6, 6.07) is 5.79. The number of hydrogen-bond acceptors (Lipinski definition) is 4. The highest BCUT2D eigenvalue weighted by molar-refractivity contribution is 7.90. The van der Waals surface area contributed by atoms with Gasteiger partial charge in [0.25, 0.3) is 0 Å². The first-order chi connectivity index (χ1) is 10.5. The van der Waals surface area contributed by atoms with Gasteiger partial charge in [0.05, 0.1) is 4.90 Å². The van der Waals surface area contributed by atoms with Crippen molar-refractivity contribution < 1.29 is 16.8 Å². The molecule has 1 aromatic rings. The number of rotatable bonds is 8. The molecule has 0 heterocycles. The zero-order valence-corrected chi connectivity index (χ0v) is 15.7. The highest BCUT2D eigenvalue weighted by Crippen LogP contribution is 2.37. The lowest BCUT2D eigenvalue weighted by molar-refractivity contribution is 0.405. The minimum Gasteiger partial charge on any atom is -0.225 e. The van der Waals surface area contributed by atoms with Crippen LogP contribution in [0.1, 0.15) is 46.1 Å². The SMILES string of the molecule is CCC[C@](C)(c1ccc(S(N)(=O)=O)cc1)S(=O)(=O)N(CC)CC. The van der Waals surface area contributed by atoms with E-state index in [9.17, 15) is 16.8 Å². The molecule has 1 atom stereocenters. The molecule has 0 bridgehead atoms. The lowest BCUT2D eigenvalue weighted by Gasteiger charge is -2.34. The van der Waals surface area contributed by atoms with E-state index in [0.717, 1.165) is 0 Å². The predicted molar refractivity (Wildman–Crippen MR) is 91.9 cm³/mol. The third kappa shape index (κ3) is 3.93. The van der Waals surface area contributed by atoms with Gasteiger partial charge in [0.15, 0.2) is 0 Å². The fourth-order valence-electron chi connectivity index (χ4n) is 2.74. The van der Waals surface area contributed by atoms with Crippen LogP contribution in [0.25, 0.3) is 0 Å². The third-order valence-electron chi connectivity index (χ3n) is 4.14. The Balaban J connectivity index is 3.46. The maximum absolute atomic E-state index is 13.1. The summed E-state index contributed by atoms with van der Waals surface area (Å²) in [6.07, 6.45) is 1.13. The second-order valence-electron chi connectivity index (χ2n) is 5.64. The molecule has 132 valence electrons. The maximum atomic E-state index is 13.1. The highest BCUT2D eigenvalue weighted by atomic mass is 32.2. The molecule has 0 radical (unpaired) electrons. The number of nitrogens with zero attached hydrogens (tertiary/aromatic N) is 1. The number of nitrogens with two attached hydrogens (primary N) is 1. The normalized spacial score (nSPS) is 15.6. The van der Waals surface area contributed by atoms with Gasteiger partial charge in [-0.05, 0) is 31.0 Å². The molecule has 6 nitrogen and oxygen atoms in total. The molecule has 0 saturated carbocycles. The van der Waals surface area contributed by atoms with E-state index in [-0.39, 0.29) is 4.90 Å². The van der Waals surface area contributed by atoms with Crippen LogP contribution >= 0.6 is 0 Å². The van der Waals surface area contributed by atoms with E-state index in [1.165, 1.54) is 28.6 Å². The standard InChI is InChI=1S/C15H26N2O4S2/c1-5-12-15(4,23(20,21)17(6-2)7-3)13-8-10-14(11-9-13)22(16,18)19/h8-11H,5-7,12H2,1-4H3,(H2,16,18,19)/t15-/m1/s1. The Labute approximate surface area is 139 Å². The van der Waals surface area contributed by atoms with Crippen molar-refractivity contribution in [1.82, 2.24) is 4.31 Å². The summed E-state index contributed by atoms with van der Waals surface area (Å²) < 4.78 is 49.2. The minimum atomic E-state index is -3.80. The number of primary sulfonamides is 1. The van der Waals surface area contributed by atoms with Gasteiger partial charge in [-0.3, -0.25) is 0 Å². The maximum Gasteiger partial charge on any atom is 0.238 e. The molecule has 0 aromatic heterocycles. The van der Waals surface area contributed by atoms with Crippen molar-refractivity contribution >= 4 is 20.0 Å². The van der Waals surface area contributed by atoms with E-state index in [1.807, 2.05) is 6.92 Å². The number of benzene rings is 1.